The summed E-state index contributed by atoms with van der Waals surface area (Å²) in [6.07, 6.45) is 1.95. The predicted molar refractivity (Wildman–Crippen MR) is 97.9 cm³/mol. The van der Waals surface area contributed by atoms with E-state index in [1.807, 2.05) is 11.4 Å². The number of piperidine rings is 1. The van der Waals surface area contributed by atoms with Gasteiger partial charge in [0.1, 0.15) is 0 Å². The van der Waals surface area contributed by atoms with Gasteiger partial charge >= 0.3 is 0 Å². The van der Waals surface area contributed by atoms with Gasteiger partial charge in [-0.2, -0.15) is 0 Å². The molecule has 1 fully saturated rings. The second-order valence-corrected chi connectivity index (χ2v) is 7.05. The van der Waals surface area contributed by atoms with Gasteiger partial charge in [0.15, 0.2) is 0 Å². The third-order valence-corrected chi connectivity index (χ3v) is 5.09. The van der Waals surface area contributed by atoms with Crippen LogP contribution in [-0.4, -0.2) is 63.7 Å². The van der Waals surface area contributed by atoms with E-state index in [0.717, 1.165) is 25.9 Å². The van der Waals surface area contributed by atoms with E-state index >= 15 is 0 Å². The van der Waals surface area contributed by atoms with Gasteiger partial charge in [0.2, 0.25) is 5.91 Å². The molecular formula is C16H26ClN3O3S. The highest BCUT2D eigenvalue weighted by Crippen LogP contribution is 2.28. The van der Waals surface area contributed by atoms with Crippen molar-refractivity contribution in [3.05, 3.63) is 22.4 Å². The Hall–Kier alpha value is -1.15. The number of halogens is 1. The second-order valence-electron chi connectivity index (χ2n) is 6.10. The number of carbonyl (C=O) groups is 2. The number of carbonyl (C=O) groups excluding carboxylic acids is 2. The Bertz CT molecular complexity index is 513. The first-order valence-electron chi connectivity index (χ1n) is 7.82. The number of methoxy groups -OCH3 is 1. The lowest BCUT2D eigenvalue weighted by Gasteiger charge is -2.37. The SMILES string of the molecule is COCC1(CNC(=O)CN(C)C(=O)c2cccs2)CCNCC1.Cl. The maximum absolute atomic E-state index is 12.2. The molecule has 1 saturated heterocycles. The maximum Gasteiger partial charge on any atom is 0.264 e. The second kappa shape index (κ2) is 9.98. The van der Waals surface area contributed by atoms with E-state index in [9.17, 15) is 9.59 Å². The summed E-state index contributed by atoms with van der Waals surface area (Å²) in [5.74, 6) is -0.255. The van der Waals surface area contributed by atoms with Gasteiger partial charge in [-0.3, -0.25) is 9.59 Å². The Kier molecular flexibility index (Phi) is 8.69. The number of nitrogens with zero attached hydrogens (tertiary/aromatic N) is 1. The van der Waals surface area contributed by atoms with Crippen LogP contribution in [0.4, 0.5) is 0 Å². The average Bonchev–Trinajstić information content (AvgIpc) is 3.08. The first-order chi connectivity index (χ1) is 11.1. The van der Waals surface area contributed by atoms with E-state index < -0.39 is 0 Å². The number of thiophene rings is 1. The molecule has 0 unspecified atom stereocenters. The molecule has 1 aliphatic rings. The van der Waals surface area contributed by atoms with E-state index in [-0.39, 0.29) is 36.2 Å². The van der Waals surface area contributed by atoms with E-state index in [0.29, 0.717) is 18.0 Å². The van der Waals surface area contributed by atoms with Crippen molar-refractivity contribution < 1.29 is 14.3 Å². The molecular weight excluding hydrogens is 350 g/mol. The van der Waals surface area contributed by atoms with Crippen molar-refractivity contribution >= 4 is 35.6 Å². The first-order valence-corrected chi connectivity index (χ1v) is 8.70. The zero-order valence-electron chi connectivity index (χ0n) is 14.2. The van der Waals surface area contributed by atoms with Gasteiger partial charge in [-0.05, 0) is 37.4 Å². The third kappa shape index (κ3) is 5.73. The lowest BCUT2D eigenvalue weighted by atomic mass is 9.79. The van der Waals surface area contributed by atoms with Gasteiger partial charge in [-0.1, -0.05) is 6.07 Å². The molecule has 0 saturated carbocycles. The van der Waals surface area contributed by atoms with Crippen LogP contribution < -0.4 is 10.6 Å². The third-order valence-electron chi connectivity index (χ3n) is 4.23. The van der Waals surface area contributed by atoms with Crippen molar-refractivity contribution in [1.82, 2.24) is 15.5 Å². The highest BCUT2D eigenvalue weighted by molar-refractivity contribution is 7.12. The number of amides is 2. The van der Waals surface area contributed by atoms with Crippen molar-refractivity contribution in [2.75, 3.05) is 46.9 Å². The molecule has 6 nitrogen and oxygen atoms in total. The molecule has 136 valence electrons. The van der Waals surface area contributed by atoms with E-state index in [2.05, 4.69) is 10.6 Å². The van der Waals surface area contributed by atoms with Crippen LogP contribution in [-0.2, 0) is 9.53 Å². The topological polar surface area (TPSA) is 70.7 Å². The number of hydrogen-bond acceptors (Lipinski definition) is 5. The fourth-order valence-electron chi connectivity index (χ4n) is 2.85. The fourth-order valence-corrected chi connectivity index (χ4v) is 3.57. The molecule has 2 rings (SSSR count). The molecule has 0 radical (unpaired) electrons. The summed E-state index contributed by atoms with van der Waals surface area (Å²) in [6.45, 7) is 3.17. The highest BCUT2D eigenvalue weighted by atomic mass is 35.5. The summed E-state index contributed by atoms with van der Waals surface area (Å²) in [4.78, 5) is 26.4. The van der Waals surface area contributed by atoms with Crippen molar-refractivity contribution in [3.63, 3.8) is 0 Å². The number of ether oxygens (including phenoxy) is 1. The number of rotatable bonds is 7. The minimum Gasteiger partial charge on any atom is -0.384 e. The van der Waals surface area contributed by atoms with Gasteiger partial charge in [-0.25, -0.2) is 0 Å². The minimum atomic E-state index is -0.133. The zero-order chi connectivity index (χ0) is 16.7. The van der Waals surface area contributed by atoms with Gasteiger partial charge < -0.3 is 20.3 Å². The Morgan fingerprint density at radius 2 is 2.12 bits per heavy atom. The number of hydrogen-bond donors (Lipinski definition) is 2. The Balaban J connectivity index is 0.00000288. The molecule has 2 amide bonds. The fraction of sp³-hybridized carbons (Fsp3) is 0.625. The molecule has 0 aromatic carbocycles. The Labute approximate surface area is 153 Å². The smallest absolute Gasteiger partial charge is 0.264 e. The molecule has 24 heavy (non-hydrogen) atoms. The van der Waals surface area contributed by atoms with Crippen molar-refractivity contribution in [2.45, 2.75) is 12.8 Å². The standard InChI is InChI=1S/C16H25N3O3S.ClH/c1-19(15(21)13-4-3-9-23-13)10-14(20)18-11-16(12-22-2)5-7-17-8-6-16;/h3-4,9,17H,5-8,10-12H2,1-2H3,(H,18,20);1H. The van der Waals surface area contributed by atoms with Crippen LogP contribution in [0.15, 0.2) is 17.5 Å². The quantitative estimate of drug-likeness (QED) is 0.755. The molecule has 1 aliphatic heterocycles. The summed E-state index contributed by atoms with van der Waals surface area (Å²) in [5.41, 5.74) is -0.00794. The summed E-state index contributed by atoms with van der Waals surface area (Å²) >= 11 is 1.38. The lowest BCUT2D eigenvalue weighted by Crippen LogP contribution is -2.48. The Morgan fingerprint density at radius 3 is 2.71 bits per heavy atom. The molecule has 8 heteroatoms. The van der Waals surface area contributed by atoms with E-state index in [1.54, 1.807) is 20.2 Å². The van der Waals surface area contributed by atoms with Crippen molar-refractivity contribution in [1.29, 1.82) is 0 Å². The molecule has 1 aromatic heterocycles. The molecule has 0 atom stereocenters. The van der Waals surface area contributed by atoms with Crippen LogP contribution in [0.1, 0.15) is 22.5 Å². The molecule has 0 aliphatic carbocycles. The Morgan fingerprint density at radius 1 is 1.42 bits per heavy atom. The largest absolute Gasteiger partial charge is 0.384 e. The van der Waals surface area contributed by atoms with Crippen molar-refractivity contribution in [2.24, 2.45) is 5.41 Å². The van der Waals surface area contributed by atoms with Gasteiger partial charge in [-0.15, -0.1) is 23.7 Å². The summed E-state index contributed by atoms with van der Waals surface area (Å²) < 4.78 is 5.34. The summed E-state index contributed by atoms with van der Waals surface area (Å²) in [6, 6.07) is 3.60. The van der Waals surface area contributed by atoms with Crippen LogP contribution in [0.5, 0.6) is 0 Å². The van der Waals surface area contributed by atoms with Crippen LogP contribution in [0, 0.1) is 5.41 Å². The van der Waals surface area contributed by atoms with Crippen LogP contribution >= 0.6 is 23.7 Å². The van der Waals surface area contributed by atoms with Gasteiger partial charge in [0, 0.05) is 26.1 Å². The number of likely N-dealkylation sites (N-methyl/N-ethyl adjacent to an activating group) is 1. The lowest BCUT2D eigenvalue weighted by molar-refractivity contribution is -0.122. The highest BCUT2D eigenvalue weighted by Gasteiger charge is 2.32. The normalized spacial score (nSPS) is 16.1. The van der Waals surface area contributed by atoms with E-state index in [4.69, 9.17) is 4.74 Å². The zero-order valence-corrected chi connectivity index (χ0v) is 15.8. The van der Waals surface area contributed by atoms with Crippen LogP contribution in [0.25, 0.3) is 0 Å². The summed E-state index contributed by atoms with van der Waals surface area (Å²) in [7, 11) is 3.34. The van der Waals surface area contributed by atoms with Gasteiger partial charge in [0.05, 0.1) is 18.0 Å². The summed E-state index contributed by atoms with van der Waals surface area (Å²) in [5, 5.41) is 8.15. The molecule has 0 spiro atoms. The minimum absolute atomic E-state index is 0. The average molecular weight is 376 g/mol. The van der Waals surface area contributed by atoms with Crippen LogP contribution in [0.3, 0.4) is 0 Å². The van der Waals surface area contributed by atoms with Gasteiger partial charge in [0.25, 0.3) is 5.91 Å². The van der Waals surface area contributed by atoms with Crippen LogP contribution in [0.2, 0.25) is 0 Å². The molecule has 0 bridgehead atoms. The molecule has 1 aromatic rings. The molecule has 2 heterocycles. The first kappa shape index (κ1) is 20.9. The van der Waals surface area contributed by atoms with Crippen molar-refractivity contribution in [3.8, 4) is 0 Å². The predicted octanol–water partition coefficient (Wildman–Crippen LogP) is 1.37. The molecule has 2 N–H and O–H groups in total. The monoisotopic (exact) mass is 375 g/mol. The van der Waals surface area contributed by atoms with E-state index in [1.165, 1.54) is 16.2 Å². The maximum atomic E-state index is 12.2. The number of nitrogens with one attached hydrogen (secondary N) is 2.